The van der Waals surface area contributed by atoms with E-state index in [2.05, 4.69) is 0 Å². The number of ketones is 1. The van der Waals surface area contributed by atoms with E-state index in [4.69, 9.17) is 4.74 Å². The number of hydrogen-bond acceptors (Lipinski definition) is 5. The number of methoxy groups -OCH3 is 1. The molecule has 7 nitrogen and oxygen atoms in total. The second-order valence-electron chi connectivity index (χ2n) is 6.05. The molecule has 2 aromatic carbocycles. The van der Waals surface area contributed by atoms with Gasteiger partial charge >= 0.3 is 0 Å². The van der Waals surface area contributed by atoms with Gasteiger partial charge in [0.1, 0.15) is 5.75 Å². The number of Topliss-reactive ketones (excluding diaryl/α,β-unsaturated/α-hetero) is 1. The first-order chi connectivity index (χ1) is 12.5. The molecule has 1 aliphatic heterocycles. The highest BCUT2D eigenvalue weighted by Gasteiger charge is 2.37. The van der Waals surface area contributed by atoms with Crippen LogP contribution in [0, 0.1) is 10.1 Å². The first-order valence-corrected chi connectivity index (χ1v) is 8.21. The molecule has 0 spiro atoms. The molecule has 1 amide bonds. The van der Waals surface area contributed by atoms with Crippen LogP contribution >= 0.6 is 0 Å². The van der Waals surface area contributed by atoms with Crippen molar-refractivity contribution in [2.45, 2.75) is 25.4 Å². The lowest BCUT2D eigenvalue weighted by Gasteiger charge is -2.24. The van der Waals surface area contributed by atoms with Gasteiger partial charge in [0.05, 0.1) is 24.6 Å². The Morgan fingerprint density at radius 3 is 2.58 bits per heavy atom. The second kappa shape index (κ2) is 7.35. The Bertz CT molecular complexity index is 847. The fraction of sp³-hybridized carbons (Fsp3) is 0.263. The smallest absolute Gasteiger partial charge is 0.274 e. The molecule has 7 heteroatoms. The molecule has 26 heavy (non-hydrogen) atoms. The van der Waals surface area contributed by atoms with E-state index in [1.807, 2.05) is 0 Å². The molecule has 0 N–H and O–H groups in total. The maximum Gasteiger partial charge on any atom is 0.274 e. The van der Waals surface area contributed by atoms with Crippen molar-refractivity contribution in [3.8, 4) is 5.75 Å². The molecule has 0 radical (unpaired) electrons. The van der Waals surface area contributed by atoms with Crippen LogP contribution < -0.4 is 4.74 Å². The van der Waals surface area contributed by atoms with E-state index in [1.54, 1.807) is 49.6 Å². The molecular weight excluding hydrogens is 336 g/mol. The van der Waals surface area contributed by atoms with E-state index in [1.165, 1.54) is 11.0 Å². The normalized spacial score (nSPS) is 16.6. The third-order valence-corrected chi connectivity index (χ3v) is 4.53. The standard InChI is InChI=1S/C19H18N2O5/c1-26-15-8-6-13(7-9-15)19(23)17-10-11-18(22)20(17)12-14-4-2-3-5-16(14)21(24)25/h2-9,17H,10-12H2,1H3. The third-order valence-electron chi connectivity index (χ3n) is 4.53. The van der Waals surface area contributed by atoms with Gasteiger partial charge in [-0.1, -0.05) is 18.2 Å². The number of carbonyl (C=O) groups is 2. The first kappa shape index (κ1) is 17.6. The number of amides is 1. The van der Waals surface area contributed by atoms with E-state index < -0.39 is 11.0 Å². The number of nitro groups is 1. The SMILES string of the molecule is COc1ccc(C(=O)C2CCC(=O)N2Cc2ccccc2[N+](=O)[O-])cc1. The van der Waals surface area contributed by atoms with Gasteiger partial charge in [-0.3, -0.25) is 19.7 Å². The lowest BCUT2D eigenvalue weighted by molar-refractivity contribution is -0.385. The van der Waals surface area contributed by atoms with Crippen molar-refractivity contribution >= 4 is 17.4 Å². The van der Waals surface area contributed by atoms with Gasteiger partial charge in [0.15, 0.2) is 5.78 Å². The summed E-state index contributed by atoms with van der Waals surface area (Å²) in [7, 11) is 1.54. The van der Waals surface area contributed by atoms with Crippen molar-refractivity contribution in [3.63, 3.8) is 0 Å². The predicted octanol–water partition coefficient (Wildman–Crippen LogP) is 2.98. The largest absolute Gasteiger partial charge is 0.497 e. The van der Waals surface area contributed by atoms with Crippen LogP contribution in [0.2, 0.25) is 0 Å². The van der Waals surface area contributed by atoms with Crippen LogP contribution in [-0.4, -0.2) is 34.7 Å². The molecule has 134 valence electrons. The van der Waals surface area contributed by atoms with Crippen molar-refractivity contribution in [3.05, 3.63) is 69.8 Å². The zero-order valence-corrected chi connectivity index (χ0v) is 14.3. The zero-order valence-electron chi connectivity index (χ0n) is 14.3. The average molecular weight is 354 g/mol. The van der Waals surface area contributed by atoms with Gasteiger partial charge in [0.25, 0.3) is 5.69 Å². The number of para-hydroxylation sites is 1. The maximum absolute atomic E-state index is 12.8. The molecule has 1 saturated heterocycles. The number of benzene rings is 2. The number of likely N-dealkylation sites (tertiary alicyclic amines) is 1. The van der Waals surface area contributed by atoms with Gasteiger partial charge in [-0.05, 0) is 30.7 Å². The summed E-state index contributed by atoms with van der Waals surface area (Å²) in [4.78, 5) is 37.3. The van der Waals surface area contributed by atoms with Crippen LogP contribution in [0.15, 0.2) is 48.5 Å². The van der Waals surface area contributed by atoms with Crippen LogP contribution in [0.5, 0.6) is 5.75 Å². The third kappa shape index (κ3) is 3.42. The molecule has 0 aliphatic carbocycles. The van der Waals surface area contributed by atoms with Crippen molar-refractivity contribution in [1.82, 2.24) is 4.90 Å². The quantitative estimate of drug-likeness (QED) is 0.452. The summed E-state index contributed by atoms with van der Waals surface area (Å²) in [6, 6.07) is 12.4. The lowest BCUT2D eigenvalue weighted by atomic mass is 10.0. The summed E-state index contributed by atoms with van der Waals surface area (Å²) >= 11 is 0. The number of carbonyl (C=O) groups excluding carboxylic acids is 2. The number of nitrogens with zero attached hydrogens (tertiary/aromatic N) is 2. The highest BCUT2D eigenvalue weighted by atomic mass is 16.6. The van der Waals surface area contributed by atoms with E-state index in [9.17, 15) is 19.7 Å². The van der Waals surface area contributed by atoms with E-state index in [0.717, 1.165) is 0 Å². The molecule has 0 saturated carbocycles. The van der Waals surface area contributed by atoms with Gasteiger partial charge in [-0.2, -0.15) is 0 Å². The Morgan fingerprint density at radius 1 is 1.23 bits per heavy atom. The van der Waals surface area contributed by atoms with Crippen molar-refractivity contribution in [2.75, 3.05) is 7.11 Å². The van der Waals surface area contributed by atoms with Gasteiger partial charge < -0.3 is 9.64 Å². The van der Waals surface area contributed by atoms with Gasteiger partial charge in [0, 0.05) is 23.6 Å². The van der Waals surface area contributed by atoms with E-state index in [0.29, 0.717) is 23.3 Å². The van der Waals surface area contributed by atoms with Crippen LogP contribution in [0.4, 0.5) is 5.69 Å². The highest BCUT2D eigenvalue weighted by molar-refractivity contribution is 6.03. The van der Waals surface area contributed by atoms with Gasteiger partial charge in [-0.25, -0.2) is 0 Å². The zero-order chi connectivity index (χ0) is 18.7. The summed E-state index contributed by atoms with van der Waals surface area (Å²) in [6.45, 7) is 0.0442. The van der Waals surface area contributed by atoms with Crippen LogP contribution in [0.25, 0.3) is 0 Å². The topological polar surface area (TPSA) is 89.8 Å². The van der Waals surface area contributed by atoms with E-state index in [-0.39, 0.29) is 30.3 Å². The summed E-state index contributed by atoms with van der Waals surface area (Å²) in [5.74, 6) is 0.299. The monoisotopic (exact) mass is 354 g/mol. The van der Waals surface area contributed by atoms with Crippen molar-refractivity contribution in [1.29, 1.82) is 0 Å². The molecule has 0 bridgehead atoms. The molecule has 1 aliphatic rings. The Labute approximate surface area is 150 Å². The number of nitro benzene ring substituents is 1. The fourth-order valence-electron chi connectivity index (χ4n) is 3.16. The second-order valence-corrected chi connectivity index (χ2v) is 6.05. The Balaban J connectivity index is 1.85. The van der Waals surface area contributed by atoms with E-state index >= 15 is 0 Å². The van der Waals surface area contributed by atoms with Crippen molar-refractivity contribution in [2.24, 2.45) is 0 Å². The van der Waals surface area contributed by atoms with Gasteiger partial charge in [-0.15, -0.1) is 0 Å². The first-order valence-electron chi connectivity index (χ1n) is 8.21. The molecule has 1 heterocycles. The fourth-order valence-corrected chi connectivity index (χ4v) is 3.16. The number of rotatable bonds is 6. The molecule has 3 rings (SSSR count). The molecule has 2 aromatic rings. The summed E-state index contributed by atoms with van der Waals surface area (Å²) in [5.41, 5.74) is 0.848. The highest BCUT2D eigenvalue weighted by Crippen LogP contribution is 2.28. The minimum absolute atomic E-state index is 0.0442. The minimum atomic E-state index is -0.615. The molecular formula is C19H18N2O5. The summed E-state index contributed by atoms with van der Waals surface area (Å²) in [6.07, 6.45) is 0.664. The lowest BCUT2D eigenvalue weighted by Crippen LogP contribution is -2.38. The van der Waals surface area contributed by atoms with Crippen molar-refractivity contribution < 1.29 is 19.2 Å². The van der Waals surface area contributed by atoms with Gasteiger partial charge in [0.2, 0.25) is 5.91 Å². The summed E-state index contributed by atoms with van der Waals surface area (Å²) in [5, 5.41) is 11.2. The summed E-state index contributed by atoms with van der Waals surface area (Å²) < 4.78 is 5.09. The maximum atomic E-state index is 12.8. The molecule has 1 fully saturated rings. The average Bonchev–Trinajstić information content (AvgIpc) is 3.02. The number of ether oxygens (including phenoxy) is 1. The predicted molar refractivity (Wildman–Crippen MR) is 94.0 cm³/mol. The molecule has 0 aromatic heterocycles. The number of hydrogen-bond donors (Lipinski definition) is 0. The Kier molecular flexibility index (Phi) is 4.97. The molecule has 1 unspecified atom stereocenters. The van der Waals surface area contributed by atoms with Crippen LogP contribution in [-0.2, 0) is 11.3 Å². The van der Waals surface area contributed by atoms with Crippen LogP contribution in [0.1, 0.15) is 28.8 Å². The minimum Gasteiger partial charge on any atom is -0.497 e. The Hall–Kier alpha value is -3.22. The Morgan fingerprint density at radius 2 is 1.92 bits per heavy atom. The van der Waals surface area contributed by atoms with Crippen LogP contribution in [0.3, 0.4) is 0 Å². The molecule has 1 atom stereocenters.